The van der Waals surface area contributed by atoms with Crippen LogP contribution in [-0.4, -0.2) is 49.7 Å². The Kier molecular flexibility index (Phi) is 6.80. The third-order valence-electron chi connectivity index (χ3n) is 4.36. The lowest BCUT2D eigenvalue weighted by atomic mass is 10.0. The molecule has 1 heterocycles. The molecule has 1 amide bonds. The molecule has 20 heavy (non-hydrogen) atoms. The van der Waals surface area contributed by atoms with Crippen LogP contribution in [0.3, 0.4) is 0 Å². The van der Waals surface area contributed by atoms with Crippen LogP contribution in [0.25, 0.3) is 0 Å². The second-order valence-corrected chi connectivity index (χ2v) is 6.27. The minimum absolute atomic E-state index is 0.169. The van der Waals surface area contributed by atoms with Crippen molar-refractivity contribution in [1.82, 2.24) is 10.2 Å². The van der Waals surface area contributed by atoms with Crippen molar-refractivity contribution in [3.8, 4) is 0 Å². The Bertz CT molecular complexity index is 284. The van der Waals surface area contributed by atoms with Crippen LogP contribution >= 0.6 is 0 Å². The van der Waals surface area contributed by atoms with E-state index < -0.39 is 0 Å². The standard InChI is InChI=1S/C16H30N2O2/c1-2-3-4-11-20-13-16(19)18-9-7-15(8-10-18)17-12-14-5-6-14/h14-15,17H,2-13H2,1H3. The van der Waals surface area contributed by atoms with Crippen molar-refractivity contribution in [2.24, 2.45) is 5.92 Å². The second-order valence-electron chi connectivity index (χ2n) is 6.27. The van der Waals surface area contributed by atoms with Gasteiger partial charge in [0.1, 0.15) is 6.61 Å². The Morgan fingerprint density at radius 2 is 1.95 bits per heavy atom. The first-order valence-corrected chi connectivity index (χ1v) is 8.38. The van der Waals surface area contributed by atoms with E-state index in [0.717, 1.165) is 44.9 Å². The van der Waals surface area contributed by atoms with Gasteiger partial charge >= 0.3 is 0 Å². The van der Waals surface area contributed by atoms with Gasteiger partial charge in [-0.2, -0.15) is 0 Å². The number of unbranched alkanes of at least 4 members (excludes halogenated alkanes) is 2. The summed E-state index contributed by atoms with van der Waals surface area (Å²) in [7, 11) is 0. The molecule has 0 atom stereocenters. The zero-order valence-electron chi connectivity index (χ0n) is 12.9. The minimum Gasteiger partial charge on any atom is -0.372 e. The number of hydrogen-bond acceptors (Lipinski definition) is 3. The smallest absolute Gasteiger partial charge is 0.248 e. The van der Waals surface area contributed by atoms with Gasteiger partial charge in [0.2, 0.25) is 5.91 Å². The van der Waals surface area contributed by atoms with Crippen molar-refractivity contribution in [1.29, 1.82) is 0 Å². The highest BCUT2D eigenvalue weighted by Gasteiger charge is 2.25. The van der Waals surface area contributed by atoms with Crippen LogP contribution in [0.1, 0.15) is 51.9 Å². The number of carbonyl (C=O) groups is 1. The van der Waals surface area contributed by atoms with Gasteiger partial charge in [0.15, 0.2) is 0 Å². The molecule has 4 nitrogen and oxygen atoms in total. The van der Waals surface area contributed by atoms with Gasteiger partial charge in [0.05, 0.1) is 0 Å². The monoisotopic (exact) mass is 282 g/mol. The lowest BCUT2D eigenvalue weighted by molar-refractivity contribution is -0.137. The summed E-state index contributed by atoms with van der Waals surface area (Å²) >= 11 is 0. The summed E-state index contributed by atoms with van der Waals surface area (Å²) in [6, 6.07) is 0.616. The predicted molar refractivity (Wildman–Crippen MR) is 80.7 cm³/mol. The zero-order chi connectivity index (χ0) is 14.2. The molecule has 1 N–H and O–H groups in total. The fraction of sp³-hybridized carbons (Fsp3) is 0.938. The first kappa shape index (κ1) is 15.8. The summed E-state index contributed by atoms with van der Waals surface area (Å²) in [5, 5.41) is 3.64. The van der Waals surface area contributed by atoms with Gasteiger partial charge in [0, 0.05) is 25.7 Å². The van der Waals surface area contributed by atoms with E-state index in [2.05, 4.69) is 12.2 Å². The molecule has 1 saturated heterocycles. The Labute approximate surface area is 123 Å². The molecule has 1 aliphatic heterocycles. The van der Waals surface area contributed by atoms with E-state index in [-0.39, 0.29) is 12.5 Å². The molecule has 0 bridgehead atoms. The molecular weight excluding hydrogens is 252 g/mol. The number of carbonyl (C=O) groups excluding carboxylic acids is 1. The first-order valence-electron chi connectivity index (χ1n) is 8.38. The highest BCUT2D eigenvalue weighted by atomic mass is 16.5. The van der Waals surface area contributed by atoms with E-state index in [1.54, 1.807) is 0 Å². The number of hydrogen-bond donors (Lipinski definition) is 1. The maximum absolute atomic E-state index is 12.0. The Morgan fingerprint density at radius 3 is 2.60 bits per heavy atom. The third kappa shape index (κ3) is 5.80. The number of rotatable bonds is 9. The lowest BCUT2D eigenvalue weighted by Crippen LogP contribution is -2.46. The van der Waals surface area contributed by atoms with Crippen molar-refractivity contribution in [3.63, 3.8) is 0 Å². The number of amides is 1. The van der Waals surface area contributed by atoms with E-state index >= 15 is 0 Å². The number of piperidine rings is 1. The van der Waals surface area contributed by atoms with Crippen LogP contribution in [0.15, 0.2) is 0 Å². The van der Waals surface area contributed by atoms with Crippen LogP contribution in [0.5, 0.6) is 0 Å². The SMILES string of the molecule is CCCCCOCC(=O)N1CCC(NCC2CC2)CC1. The highest BCUT2D eigenvalue weighted by Crippen LogP contribution is 2.28. The van der Waals surface area contributed by atoms with E-state index in [9.17, 15) is 4.79 Å². The number of nitrogens with one attached hydrogen (secondary N) is 1. The van der Waals surface area contributed by atoms with E-state index in [4.69, 9.17) is 4.74 Å². The van der Waals surface area contributed by atoms with Crippen molar-refractivity contribution in [2.75, 3.05) is 32.8 Å². The summed E-state index contributed by atoms with van der Waals surface area (Å²) in [6.45, 7) is 6.12. The molecule has 2 fully saturated rings. The number of likely N-dealkylation sites (tertiary alicyclic amines) is 1. The molecule has 0 unspecified atom stereocenters. The molecule has 2 rings (SSSR count). The molecule has 0 aromatic rings. The molecule has 0 aromatic carbocycles. The second kappa shape index (κ2) is 8.63. The Balaban J connectivity index is 1.51. The summed E-state index contributed by atoms with van der Waals surface area (Å²) in [4.78, 5) is 14.0. The van der Waals surface area contributed by atoms with Crippen LogP contribution in [0.4, 0.5) is 0 Å². The molecule has 0 spiro atoms. The van der Waals surface area contributed by atoms with Gasteiger partial charge in [-0.15, -0.1) is 0 Å². The van der Waals surface area contributed by atoms with E-state index in [0.29, 0.717) is 6.04 Å². The van der Waals surface area contributed by atoms with Crippen LogP contribution in [0.2, 0.25) is 0 Å². The van der Waals surface area contributed by atoms with Gasteiger partial charge in [-0.3, -0.25) is 4.79 Å². The Hall–Kier alpha value is -0.610. The maximum Gasteiger partial charge on any atom is 0.248 e. The molecule has 1 saturated carbocycles. The van der Waals surface area contributed by atoms with Gasteiger partial charge in [-0.05, 0) is 44.6 Å². The van der Waals surface area contributed by atoms with Gasteiger partial charge < -0.3 is 15.0 Å². The maximum atomic E-state index is 12.0. The zero-order valence-corrected chi connectivity index (χ0v) is 12.9. The van der Waals surface area contributed by atoms with Crippen LogP contribution in [-0.2, 0) is 9.53 Å². The molecule has 4 heteroatoms. The number of ether oxygens (including phenoxy) is 1. The van der Waals surface area contributed by atoms with Crippen molar-refractivity contribution >= 4 is 5.91 Å². The summed E-state index contributed by atoms with van der Waals surface area (Å²) in [5.74, 6) is 1.10. The molecule has 0 radical (unpaired) electrons. The lowest BCUT2D eigenvalue weighted by Gasteiger charge is -2.32. The van der Waals surface area contributed by atoms with Crippen molar-refractivity contribution < 1.29 is 9.53 Å². The molecule has 116 valence electrons. The van der Waals surface area contributed by atoms with Crippen LogP contribution in [0, 0.1) is 5.92 Å². The summed E-state index contributed by atoms with van der Waals surface area (Å²) in [5.41, 5.74) is 0. The predicted octanol–water partition coefficient (Wildman–Crippen LogP) is 2.18. The quantitative estimate of drug-likeness (QED) is 0.659. The van der Waals surface area contributed by atoms with Crippen LogP contribution < -0.4 is 5.32 Å². The third-order valence-corrected chi connectivity index (χ3v) is 4.36. The molecule has 0 aromatic heterocycles. The van der Waals surface area contributed by atoms with E-state index in [1.807, 2.05) is 4.90 Å². The topological polar surface area (TPSA) is 41.6 Å². The average Bonchev–Trinajstić information content (AvgIpc) is 3.29. The summed E-state index contributed by atoms with van der Waals surface area (Å²) in [6.07, 6.45) is 8.43. The van der Waals surface area contributed by atoms with Gasteiger partial charge in [-0.1, -0.05) is 19.8 Å². The molecular formula is C16H30N2O2. The van der Waals surface area contributed by atoms with Gasteiger partial charge in [-0.25, -0.2) is 0 Å². The summed E-state index contributed by atoms with van der Waals surface area (Å²) < 4.78 is 5.46. The normalized spacial score (nSPS) is 20.4. The van der Waals surface area contributed by atoms with Crippen molar-refractivity contribution in [3.05, 3.63) is 0 Å². The minimum atomic E-state index is 0.169. The first-order chi connectivity index (χ1) is 9.79. The average molecular weight is 282 g/mol. The Morgan fingerprint density at radius 1 is 1.20 bits per heavy atom. The van der Waals surface area contributed by atoms with E-state index in [1.165, 1.54) is 32.2 Å². The highest BCUT2D eigenvalue weighted by molar-refractivity contribution is 5.77. The van der Waals surface area contributed by atoms with Crippen molar-refractivity contribution in [2.45, 2.75) is 57.9 Å². The number of nitrogens with zero attached hydrogens (tertiary/aromatic N) is 1. The molecule has 1 aliphatic carbocycles. The fourth-order valence-electron chi connectivity index (χ4n) is 2.69. The van der Waals surface area contributed by atoms with Gasteiger partial charge in [0.25, 0.3) is 0 Å². The largest absolute Gasteiger partial charge is 0.372 e. The molecule has 2 aliphatic rings. The fourth-order valence-corrected chi connectivity index (χ4v) is 2.69.